The summed E-state index contributed by atoms with van der Waals surface area (Å²) in [5.41, 5.74) is 0.00625. The van der Waals surface area contributed by atoms with E-state index in [9.17, 15) is 18.3 Å². The van der Waals surface area contributed by atoms with Crippen LogP contribution in [0.4, 0.5) is 5.69 Å². The first kappa shape index (κ1) is 20.6. The molecule has 0 aliphatic carbocycles. The number of anilines is 1. The molecule has 2 aromatic carbocycles. The number of carbonyl (C=O) groups excluding carboxylic acids is 1. The Hall–Kier alpha value is -2.13. The number of fused-ring (bicyclic) bond motifs is 1. The number of phenols is 1. The van der Waals surface area contributed by atoms with Gasteiger partial charge in [0, 0.05) is 23.2 Å². The Bertz CT molecular complexity index is 1140. The van der Waals surface area contributed by atoms with Crippen LogP contribution in [0.1, 0.15) is 23.5 Å². The molecule has 0 aliphatic heterocycles. The van der Waals surface area contributed by atoms with E-state index in [-0.39, 0.29) is 16.3 Å². The third kappa shape index (κ3) is 3.73. The second kappa shape index (κ2) is 8.08. The summed E-state index contributed by atoms with van der Waals surface area (Å²) in [6.45, 7) is 4.12. The molecule has 28 heavy (non-hydrogen) atoms. The largest absolute Gasteiger partial charge is 0.506 e. The van der Waals surface area contributed by atoms with Gasteiger partial charge in [-0.1, -0.05) is 43.6 Å². The maximum absolute atomic E-state index is 12.7. The highest BCUT2D eigenvalue weighted by molar-refractivity contribution is 7.89. The lowest BCUT2D eigenvalue weighted by Crippen LogP contribution is -2.30. The molecule has 1 amide bonds. The molecule has 0 saturated carbocycles. The zero-order valence-electron chi connectivity index (χ0n) is 15.3. The topological polar surface area (TPSA) is 86.7 Å². The standard InChI is InChI=1S/C19H19ClN2O4S2/c1-3-22(4-2)28(25,26)12-9-10-15(23)14(11-12)21-19(24)18-17(20)13-7-5-6-8-16(13)27-18/h5-11,23H,3-4H2,1-2H3,(H,21,24). The van der Waals surface area contributed by atoms with Gasteiger partial charge in [0.25, 0.3) is 5.91 Å². The van der Waals surface area contributed by atoms with Crippen LogP contribution in [0.5, 0.6) is 5.75 Å². The first-order valence-corrected chi connectivity index (χ1v) is 11.2. The first-order chi connectivity index (χ1) is 13.3. The van der Waals surface area contributed by atoms with Gasteiger partial charge in [-0.3, -0.25) is 4.79 Å². The van der Waals surface area contributed by atoms with E-state index >= 15 is 0 Å². The van der Waals surface area contributed by atoms with Gasteiger partial charge in [0.1, 0.15) is 10.6 Å². The lowest BCUT2D eigenvalue weighted by molar-refractivity contribution is 0.103. The molecular weight excluding hydrogens is 420 g/mol. The monoisotopic (exact) mass is 438 g/mol. The molecular formula is C19H19ClN2O4S2. The van der Waals surface area contributed by atoms with E-state index in [0.29, 0.717) is 23.0 Å². The highest BCUT2D eigenvalue weighted by atomic mass is 35.5. The van der Waals surface area contributed by atoms with E-state index in [0.717, 1.165) is 10.1 Å². The number of hydrogen-bond acceptors (Lipinski definition) is 5. The van der Waals surface area contributed by atoms with Crippen LogP contribution in [-0.4, -0.2) is 36.8 Å². The Morgan fingerprint density at radius 2 is 1.86 bits per heavy atom. The zero-order chi connectivity index (χ0) is 20.5. The highest BCUT2D eigenvalue weighted by Crippen LogP contribution is 2.36. The number of nitrogens with zero attached hydrogens (tertiary/aromatic N) is 1. The van der Waals surface area contributed by atoms with Crippen LogP contribution >= 0.6 is 22.9 Å². The van der Waals surface area contributed by atoms with Crippen molar-refractivity contribution in [1.82, 2.24) is 4.31 Å². The molecule has 9 heteroatoms. The van der Waals surface area contributed by atoms with Gasteiger partial charge in [-0.05, 0) is 24.3 Å². The summed E-state index contributed by atoms with van der Waals surface area (Å²) in [6, 6.07) is 11.2. The molecule has 1 heterocycles. The highest BCUT2D eigenvalue weighted by Gasteiger charge is 2.24. The van der Waals surface area contributed by atoms with Gasteiger partial charge in [-0.15, -0.1) is 11.3 Å². The maximum atomic E-state index is 12.7. The molecule has 0 atom stereocenters. The van der Waals surface area contributed by atoms with Crippen molar-refractivity contribution in [3.05, 3.63) is 52.4 Å². The normalized spacial score (nSPS) is 11.9. The Morgan fingerprint density at radius 1 is 1.18 bits per heavy atom. The average molecular weight is 439 g/mol. The summed E-state index contributed by atoms with van der Waals surface area (Å²) >= 11 is 7.55. The lowest BCUT2D eigenvalue weighted by atomic mass is 10.2. The molecule has 3 aromatic rings. The van der Waals surface area contributed by atoms with Crippen LogP contribution in [0.2, 0.25) is 5.02 Å². The van der Waals surface area contributed by atoms with Gasteiger partial charge in [-0.25, -0.2) is 8.42 Å². The minimum absolute atomic E-state index is 0.00625. The molecule has 0 spiro atoms. The van der Waals surface area contributed by atoms with E-state index in [1.807, 2.05) is 24.3 Å². The van der Waals surface area contributed by atoms with Gasteiger partial charge in [0.05, 0.1) is 15.6 Å². The van der Waals surface area contributed by atoms with Crippen LogP contribution < -0.4 is 5.32 Å². The number of amides is 1. The molecule has 0 unspecified atom stereocenters. The molecule has 1 aromatic heterocycles. The van der Waals surface area contributed by atoms with E-state index < -0.39 is 15.9 Å². The number of rotatable bonds is 6. The average Bonchev–Trinajstić information content (AvgIpc) is 3.01. The summed E-state index contributed by atoms with van der Waals surface area (Å²) in [4.78, 5) is 13.0. The lowest BCUT2D eigenvalue weighted by Gasteiger charge is -2.19. The molecule has 3 rings (SSSR count). The van der Waals surface area contributed by atoms with Crippen molar-refractivity contribution >= 4 is 54.6 Å². The Kier molecular flexibility index (Phi) is 5.95. The number of aromatic hydroxyl groups is 1. The molecule has 0 fully saturated rings. The zero-order valence-corrected chi connectivity index (χ0v) is 17.7. The number of halogens is 1. The van der Waals surface area contributed by atoms with Crippen LogP contribution in [0.15, 0.2) is 47.4 Å². The van der Waals surface area contributed by atoms with Crippen molar-refractivity contribution in [3.63, 3.8) is 0 Å². The predicted octanol–water partition coefficient (Wildman–Crippen LogP) is 4.54. The van der Waals surface area contributed by atoms with Gasteiger partial charge < -0.3 is 10.4 Å². The van der Waals surface area contributed by atoms with Gasteiger partial charge >= 0.3 is 0 Å². The fourth-order valence-electron chi connectivity index (χ4n) is 2.83. The van der Waals surface area contributed by atoms with E-state index in [1.165, 1.54) is 33.8 Å². The summed E-state index contributed by atoms with van der Waals surface area (Å²) in [5, 5.41) is 13.8. The van der Waals surface area contributed by atoms with Crippen molar-refractivity contribution < 1.29 is 18.3 Å². The number of nitrogens with one attached hydrogen (secondary N) is 1. The molecule has 2 N–H and O–H groups in total. The number of hydrogen-bond donors (Lipinski definition) is 2. The third-order valence-corrected chi connectivity index (χ3v) is 8.02. The van der Waals surface area contributed by atoms with Crippen molar-refractivity contribution in [2.75, 3.05) is 18.4 Å². The Balaban J connectivity index is 1.96. The second-order valence-electron chi connectivity index (χ2n) is 5.96. The quantitative estimate of drug-likeness (QED) is 0.553. The number of phenolic OH excluding ortho intramolecular Hbond substituents is 1. The summed E-state index contributed by atoms with van der Waals surface area (Å²) < 4.78 is 27.6. The third-order valence-electron chi connectivity index (χ3n) is 4.30. The van der Waals surface area contributed by atoms with E-state index in [1.54, 1.807) is 13.8 Å². The first-order valence-electron chi connectivity index (χ1n) is 8.61. The SMILES string of the molecule is CCN(CC)S(=O)(=O)c1ccc(O)c(NC(=O)c2sc3ccccc3c2Cl)c1. The fourth-order valence-corrected chi connectivity index (χ4v) is 5.72. The van der Waals surface area contributed by atoms with Crippen molar-refractivity contribution in [1.29, 1.82) is 0 Å². The number of carbonyl (C=O) groups is 1. The maximum Gasteiger partial charge on any atom is 0.267 e. The Labute approximate surface area is 172 Å². The summed E-state index contributed by atoms with van der Waals surface area (Å²) in [5.74, 6) is -0.747. The summed E-state index contributed by atoms with van der Waals surface area (Å²) in [6.07, 6.45) is 0. The van der Waals surface area contributed by atoms with Crippen molar-refractivity contribution in [2.24, 2.45) is 0 Å². The Morgan fingerprint density at radius 3 is 2.50 bits per heavy atom. The minimum atomic E-state index is -3.72. The van der Waals surface area contributed by atoms with Gasteiger partial charge in [-0.2, -0.15) is 4.31 Å². The van der Waals surface area contributed by atoms with Crippen LogP contribution in [0, 0.1) is 0 Å². The van der Waals surface area contributed by atoms with Crippen LogP contribution in [0.25, 0.3) is 10.1 Å². The van der Waals surface area contributed by atoms with E-state index in [2.05, 4.69) is 5.32 Å². The molecule has 6 nitrogen and oxygen atoms in total. The minimum Gasteiger partial charge on any atom is -0.506 e. The fraction of sp³-hybridized carbons (Fsp3) is 0.211. The van der Waals surface area contributed by atoms with Gasteiger partial charge in [0.2, 0.25) is 10.0 Å². The number of thiophene rings is 1. The molecule has 148 valence electrons. The van der Waals surface area contributed by atoms with Crippen molar-refractivity contribution in [2.45, 2.75) is 18.7 Å². The van der Waals surface area contributed by atoms with Gasteiger partial charge in [0.15, 0.2) is 0 Å². The van der Waals surface area contributed by atoms with Crippen LogP contribution in [-0.2, 0) is 10.0 Å². The van der Waals surface area contributed by atoms with E-state index in [4.69, 9.17) is 11.6 Å². The second-order valence-corrected chi connectivity index (χ2v) is 9.33. The number of sulfonamides is 1. The smallest absolute Gasteiger partial charge is 0.267 e. The van der Waals surface area contributed by atoms with Crippen molar-refractivity contribution in [3.8, 4) is 5.75 Å². The molecule has 0 bridgehead atoms. The molecule has 0 radical (unpaired) electrons. The molecule has 0 saturated heterocycles. The van der Waals surface area contributed by atoms with Crippen LogP contribution in [0.3, 0.4) is 0 Å². The molecule has 0 aliphatic rings. The number of benzene rings is 2. The summed E-state index contributed by atoms with van der Waals surface area (Å²) in [7, 11) is -3.72. The predicted molar refractivity (Wildman–Crippen MR) is 113 cm³/mol.